The number of hydrogen-bond donors (Lipinski definition) is 2. The van der Waals surface area contributed by atoms with Crippen LogP contribution in [0.3, 0.4) is 0 Å². The molecule has 0 aliphatic carbocycles. The Morgan fingerprint density at radius 3 is 0.764 bits per heavy atom. The van der Waals surface area contributed by atoms with Crippen molar-refractivity contribution in [3.8, 4) is 0 Å². The first-order chi connectivity index (χ1) is 58.1. The van der Waals surface area contributed by atoms with Gasteiger partial charge in [0.05, 0.1) is 90.0 Å². The number of anilines is 4. The Balaban J connectivity index is 0.000000194. The number of carbonyl (C=O) groups excluding carboxylic acids is 7. The van der Waals surface area contributed by atoms with E-state index in [9.17, 15) is 46.7 Å². The molecule has 0 spiro atoms. The van der Waals surface area contributed by atoms with Crippen LogP contribution in [-0.2, 0) is 82.9 Å². The van der Waals surface area contributed by atoms with E-state index >= 15 is 0 Å². The van der Waals surface area contributed by atoms with Gasteiger partial charge in [-0.3, -0.25) is 19.2 Å². The zero-order chi connectivity index (χ0) is 89.7. The molecule has 12 aromatic carbocycles. The van der Waals surface area contributed by atoms with Crippen LogP contribution in [0.15, 0.2) is 311 Å². The van der Waals surface area contributed by atoms with E-state index in [0.29, 0.717) is 49.6 Å². The van der Waals surface area contributed by atoms with E-state index in [1.54, 1.807) is 50.5 Å². The standard InChI is InChI=1S/C34H32I3N2O4S.C30H21F3I3NO3S.C30H24I3NO3S/c1-21(40)38(5)31-28(35)27(29(36)32(30(31)37)39(6)22(2)41)33(42)43-34(3,4)23-17-19-26(20-18-23)44(24-13-9-7-10-14-24)25-15-11-8-12-16-25;1-29(2,40-27(38)24-22(34)17-23(35)26(25(24)36)37-28(39)30(31,32)33)18-13-15-21(16-14-18)41(19-9-5-3-6-10-19)20-11-7-4-8-12-20;1-19(35)34-28-25(32)18-24(31)26(27(28)33)29(36)37-30(2,3)20-14-16-23(17-15-20)38(21-10-6-4-7-11-21)22-12-8-5-9-13-22/h7-20H,1-6H3;3-17H,1-2H3;4-18H,1-3H3/q+1;;/p+2. The lowest BCUT2D eigenvalue weighted by molar-refractivity contribution is -0.167. The van der Waals surface area contributed by atoms with Gasteiger partial charge in [-0.05, 0) is 383 Å². The molecule has 0 aliphatic rings. The Kier molecular flexibility index (Phi) is 35.7. The molecule has 0 unspecified atom stereocenters. The molecule has 0 radical (unpaired) electrons. The van der Waals surface area contributed by atoms with Crippen LogP contribution in [0.25, 0.3) is 0 Å². The van der Waals surface area contributed by atoms with Gasteiger partial charge in [-0.15, -0.1) is 0 Å². The lowest BCUT2D eigenvalue weighted by Gasteiger charge is -2.30. The quantitative estimate of drug-likeness (QED) is 0.0287. The fraction of sp³-hybridized carbons (Fsp3) is 0.160. The smallest absolute Gasteiger partial charge is 0.451 e. The largest absolute Gasteiger partial charge is 0.471 e. The van der Waals surface area contributed by atoms with Crippen molar-refractivity contribution >= 4 is 300 Å². The van der Waals surface area contributed by atoms with Gasteiger partial charge in [-0.1, -0.05) is 146 Å². The molecule has 634 valence electrons. The zero-order valence-corrected chi connectivity index (χ0v) is 89.5. The van der Waals surface area contributed by atoms with Crippen LogP contribution in [0.5, 0.6) is 0 Å². The molecule has 0 fully saturated rings. The number of nitrogens with one attached hydrogen (secondary N) is 2. The number of hydrogen-bond acceptors (Lipinski definition) is 10. The Bertz CT molecular complexity index is 5700. The number of nitrogens with zero attached hydrogens (tertiary/aromatic N) is 2. The van der Waals surface area contributed by atoms with Crippen LogP contribution in [0, 0.1) is 32.1 Å². The summed E-state index contributed by atoms with van der Waals surface area (Å²) in [4.78, 5) is 103. The summed E-state index contributed by atoms with van der Waals surface area (Å²) in [5.41, 5.74) is 2.12. The van der Waals surface area contributed by atoms with E-state index in [2.05, 4.69) is 286 Å². The molecule has 123 heavy (non-hydrogen) atoms. The summed E-state index contributed by atoms with van der Waals surface area (Å²) < 4.78 is 62.2. The minimum Gasteiger partial charge on any atom is -0.451 e. The topological polar surface area (TPSA) is 178 Å². The molecule has 0 heterocycles. The third-order valence-corrected chi connectivity index (χ3v) is 34.3. The Morgan fingerprint density at radius 2 is 0.537 bits per heavy atom. The van der Waals surface area contributed by atoms with E-state index in [-0.39, 0.29) is 65.2 Å². The predicted molar refractivity (Wildman–Crippen MR) is 561 cm³/mol. The second-order valence-corrected chi connectivity index (χ2v) is 44.8. The maximum Gasteiger partial charge on any atom is 0.471 e. The molecule has 14 nitrogen and oxygen atoms in total. The van der Waals surface area contributed by atoms with E-state index in [4.69, 9.17) is 14.2 Å². The van der Waals surface area contributed by atoms with Gasteiger partial charge in [0.1, 0.15) is 16.8 Å². The van der Waals surface area contributed by atoms with Crippen LogP contribution < -0.4 is 20.4 Å². The molecule has 0 saturated carbocycles. The molecule has 12 rings (SSSR count). The van der Waals surface area contributed by atoms with Gasteiger partial charge in [-0.2, -0.15) is 13.2 Å². The molecular formula is C94H79F3I9N4O10S3+3. The summed E-state index contributed by atoms with van der Waals surface area (Å²) in [6.45, 7) is 15.4. The highest BCUT2D eigenvalue weighted by atomic mass is 127. The van der Waals surface area contributed by atoms with Crippen molar-refractivity contribution in [1.29, 1.82) is 0 Å². The number of alkyl halides is 3. The van der Waals surface area contributed by atoms with Crippen molar-refractivity contribution < 1.29 is 60.9 Å². The molecule has 2 N–H and O–H groups in total. The normalized spacial score (nSPS) is 11.5. The Labute approximate surface area is 845 Å². The van der Waals surface area contributed by atoms with Crippen molar-refractivity contribution in [2.24, 2.45) is 0 Å². The van der Waals surface area contributed by atoms with Crippen molar-refractivity contribution in [3.63, 3.8) is 0 Å². The molecule has 0 bridgehead atoms. The molecule has 29 heteroatoms. The van der Waals surface area contributed by atoms with Gasteiger partial charge in [-0.25, -0.2) is 14.4 Å². The third-order valence-electron chi connectivity index (χ3n) is 18.9. The SMILES string of the molecule is CC(=O)N(C)c1c(I)c(C(=O)OC(C)(C)c2ccc([S+](c3ccccc3)c3ccccc3)cc2)c(I)c(N(C)C(C)=O)c1I.CC(=O)Nc1c(I)cc(I)c(C(=O)OC(C)(C)c2ccc([S+](c3ccccc3)c3ccccc3)cc2)c1I.CC(C)(OC(=O)c1c(I)cc(I)c(NC(=O)C(F)(F)F)c1I)c1ccc([S+](c2ccccc2)c2ccccc2)cc1. The molecule has 12 aromatic rings. The van der Waals surface area contributed by atoms with E-state index in [1.807, 2.05) is 193 Å². The number of carbonyl (C=O) groups is 7. The number of amides is 4. The number of ether oxygens (including phenoxy) is 3. The minimum atomic E-state index is -5.06. The zero-order valence-electron chi connectivity index (χ0n) is 67.6. The van der Waals surface area contributed by atoms with Crippen molar-refractivity contribution in [3.05, 3.63) is 332 Å². The summed E-state index contributed by atoms with van der Waals surface area (Å²) in [7, 11) is 2.43. The van der Waals surface area contributed by atoms with Crippen LogP contribution in [0.2, 0.25) is 0 Å². The fourth-order valence-corrected chi connectivity index (χ4v) is 31.9. The predicted octanol–water partition coefficient (Wildman–Crippen LogP) is 26.5. The molecule has 0 atom stereocenters. The van der Waals surface area contributed by atoms with Gasteiger partial charge in [0, 0.05) is 49.1 Å². The van der Waals surface area contributed by atoms with Gasteiger partial charge in [0.15, 0.2) is 44.1 Å². The first kappa shape index (κ1) is 99.5. The number of rotatable bonds is 22. The first-order valence-electron chi connectivity index (χ1n) is 37.4. The van der Waals surface area contributed by atoms with Gasteiger partial charge in [0.2, 0.25) is 17.7 Å². The highest BCUT2D eigenvalue weighted by Gasteiger charge is 2.42. The lowest BCUT2D eigenvalue weighted by atomic mass is 9.98. The van der Waals surface area contributed by atoms with Crippen LogP contribution in [0.4, 0.5) is 35.9 Å². The Hall–Kier alpha value is -5.66. The fourth-order valence-electron chi connectivity index (χ4n) is 12.4. The Morgan fingerprint density at radius 1 is 0.309 bits per heavy atom. The highest BCUT2D eigenvalue weighted by molar-refractivity contribution is 14.1. The lowest BCUT2D eigenvalue weighted by Crippen LogP contribution is -2.32. The van der Waals surface area contributed by atoms with Gasteiger partial charge < -0.3 is 34.6 Å². The van der Waals surface area contributed by atoms with Gasteiger partial charge in [0.25, 0.3) is 0 Å². The molecule has 0 aromatic heterocycles. The first-order valence-corrected chi connectivity index (χ1v) is 50.8. The van der Waals surface area contributed by atoms with Crippen molar-refractivity contribution in [2.75, 3.05) is 34.5 Å². The van der Waals surface area contributed by atoms with Crippen LogP contribution in [-0.4, -0.2) is 61.8 Å². The average molecular weight is 2720 g/mol. The summed E-state index contributed by atoms with van der Waals surface area (Å²) in [6.07, 6.45) is -5.06. The van der Waals surface area contributed by atoms with Crippen LogP contribution >= 0.6 is 203 Å². The van der Waals surface area contributed by atoms with Crippen LogP contribution in [0.1, 0.15) is 110 Å². The monoisotopic (exact) mass is 2720 g/mol. The minimum absolute atomic E-state index is 0.0862. The second kappa shape index (κ2) is 44.1. The van der Waals surface area contributed by atoms with E-state index in [0.717, 1.165) is 33.6 Å². The summed E-state index contributed by atoms with van der Waals surface area (Å²) in [5.74, 6) is -4.35. The second-order valence-electron chi connectivity index (χ2n) is 28.7. The summed E-state index contributed by atoms with van der Waals surface area (Å²) in [6, 6.07) is 90.2. The van der Waals surface area contributed by atoms with Crippen molar-refractivity contribution in [2.45, 2.75) is 129 Å². The summed E-state index contributed by atoms with van der Waals surface area (Å²) >= 11 is 18.3. The molecule has 0 saturated heterocycles. The molecular weight excluding hydrogens is 2640 g/mol. The molecule has 0 aliphatic heterocycles. The van der Waals surface area contributed by atoms with Gasteiger partial charge >= 0.3 is 30.0 Å². The molecule has 4 amide bonds. The maximum absolute atomic E-state index is 14.0. The summed E-state index contributed by atoms with van der Waals surface area (Å²) in [5, 5.41) is 4.73. The number of halogens is 12. The highest BCUT2D eigenvalue weighted by Crippen LogP contribution is 2.46. The maximum atomic E-state index is 14.0. The van der Waals surface area contributed by atoms with Crippen molar-refractivity contribution in [1.82, 2.24) is 0 Å². The number of esters is 3. The van der Waals surface area contributed by atoms with E-state index < -0.39 is 46.8 Å². The third kappa shape index (κ3) is 24.9. The average Bonchev–Trinajstić information content (AvgIpc) is 0.741. The van der Waals surface area contributed by atoms with E-state index in [1.165, 1.54) is 70.9 Å². The number of benzene rings is 12.